The van der Waals surface area contributed by atoms with E-state index in [4.69, 9.17) is 4.43 Å². The van der Waals surface area contributed by atoms with Gasteiger partial charge in [0.25, 0.3) is 8.32 Å². The van der Waals surface area contributed by atoms with Gasteiger partial charge in [-0.25, -0.2) is 0 Å². The van der Waals surface area contributed by atoms with Gasteiger partial charge in [-0.3, -0.25) is 4.79 Å². The Morgan fingerprint density at radius 1 is 0.765 bits per heavy atom. The van der Waals surface area contributed by atoms with Crippen molar-refractivity contribution in [1.82, 2.24) is 0 Å². The maximum Gasteiger partial charge on any atom is 0.261 e. The highest BCUT2D eigenvalue weighted by molar-refractivity contribution is 9.10. The fourth-order valence-electron chi connectivity index (χ4n) is 4.59. The lowest BCUT2D eigenvalue weighted by Crippen LogP contribution is -2.66. The van der Waals surface area contributed by atoms with Crippen molar-refractivity contribution in [2.24, 2.45) is 0 Å². The summed E-state index contributed by atoms with van der Waals surface area (Å²) in [4.78, 5) is 11.3. The predicted octanol–water partition coefficient (Wildman–Crippen LogP) is 7.01. The molecular weight excluding hydrogens is 500 g/mol. The third kappa shape index (κ3) is 5.00. The molecule has 0 atom stereocenters. The third-order valence-corrected chi connectivity index (χ3v) is 11.7. The first kappa shape index (κ1) is 24.3. The number of carbonyl (C=O) groups is 1. The van der Waals surface area contributed by atoms with E-state index in [1.807, 2.05) is 18.2 Å². The topological polar surface area (TPSA) is 26.3 Å². The second-order valence-electron chi connectivity index (χ2n) is 9.54. The second-order valence-corrected chi connectivity index (χ2v) is 14.8. The lowest BCUT2D eigenvalue weighted by molar-refractivity contribution is 0.112. The molecule has 0 aliphatic heterocycles. The number of hydrogen-bond acceptors (Lipinski definition) is 2. The summed E-state index contributed by atoms with van der Waals surface area (Å²) in [5.74, 6) is 0. The van der Waals surface area contributed by atoms with Crippen LogP contribution in [0.25, 0.3) is 11.1 Å². The Bertz CT molecular complexity index is 1210. The van der Waals surface area contributed by atoms with Gasteiger partial charge in [-0.15, -0.1) is 0 Å². The van der Waals surface area contributed by atoms with Crippen molar-refractivity contribution in [3.63, 3.8) is 0 Å². The van der Waals surface area contributed by atoms with Crippen molar-refractivity contribution in [3.05, 3.63) is 119 Å². The number of hydrogen-bond donors (Lipinski definition) is 0. The molecule has 0 amide bonds. The zero-order chi connectivity index (χ0) is 24.2. The van der Waals surface area contributed by atoms with Crippen molar-refractivity contribution in [2.45, 2.75) is 32.4 Å². The molecule has 0 bridgehead atoms. The van der Waals surface area contributed by atoms with Crippen molar-refractivity contribution in [1.29, 1.82) is 0 Å². The van der Waals surface area contributed by atoms with Gasteiger partial charge in [-0.05, 0) is 50.3 Å². The van der Waals surface area contributed by atoms with E-state index in [1.165, 1.54) is 10.4 Å². The minimum atomic E-state index is -2.57. The third-order valence-electron chi connectivity index (χ3n) is 6.22. The largest absolute Gasteiger partial charge is 0.403 e. The molecule has 0 aliphatic rings. The zero-order valence-electron chi connectivity index (χ0n) is 19.8. The standard InChI is InChI=1S/C30H29BrO2Si/c1-30(2,3)34(28-10-6-4-7-11-28,29-12-8-5-9-13-29)33-22-23-14-16-25(17-15-23)26-18-24(21-32)19-27(31)20-26/h4-21H,22H2,1-3H3. The van der Waals surface area contributed by atoms with Gasteiger partial charge in [-0.2, -0.15) is 0 Å². The van der Waals surface area contributed by atoms with Crippen LogP contribution in [0.2, 0.25) is 5.04 Å². The molecule has 4 aromatic carbocycles. The van der Waals surface area contributed by atoms with Crippen LogP contribution in [0.3, 0.4) is 0 Å². The van der Waals surface area contributed by atoms with Crippen molar-refractivity contribution < 1.29 is 9.22 Å². The fraction of sp³-hybridized carbons (Fsp3) is 0.167. The summed E-state index contributed by atoms with van der Waals surface area (Å²) in [6, 6.07) is 35.6. The van der Waals surface area contributed by atoms with Gasteiger partial charge in [0.15, 0.2) is 0 Å². The van der Waals surface area contributed by atoms with E-state index < -0.39 is 8.32 Å². The molecule has 0 spiro atoms. The van der Waals surface area contributed by atoms with E-state index in [1.54, 1.807) is 0 Å². The molecule has 0 heterocycles. The van der Waals surface area contributed by atoms with E-state index in [0.29, 0.717) is 12.2 Å². The Morgan fingerprint density at radius 3 is 1.82 bits per heavy atom. The fourth-order valence-corrected chi connectivity index (χ4v) is 9.64. The molecule has 4 aromatic rings. The van der Waals surface area contributed by atoms with Crippen LogP contribution in [0.1, 0.15) is 36.7 Å². The van der Waals surface area contributed by atoms with Gasteiger partial charge in [0, 0.05) is 10.0 Å². The van der Waals surface area contributed by atoms with Crippen LogP contribution in [0.15, 0.2) is 108 Å². The highest BCUT2D eigenvalue weighted by atomic mass is 79.9. The quantitative estimate of drug-likeness (QED) is 0.190. The summed E-state index contributed by atoms with van der Waals surface area (Å²) in [5, 5.41) is 2.50. The lowest BCUT2D eigenvalue weighted by atomic mass is 10.0. The number of rotatable bonds is 7. The molecule has 0 radical (unpaired) electrons. The average Bonchev–Trinajstić information content (AvgIpc) is 2.85. The molecule has 0 fully saturated rings. The molecular formula is C30H29BrO2Si. The highest BCUT2D eigenvalue weighted by Gasteiger charge is 2.50. The summed E-state index contributed by atoms with van der Waals surface area (Å²) in [5.41, 5.74) is 3.86. The Balaban J connectivity index is 1.68. The normalized spacial score (nSPS) is 11.9. The molecule has 0 N–H and O–H groups in total. The van der Waals surface area contributed by atoms with Crippen molar-refractivity contribution >= 4 is 40.9 Å². The maximum atomic E-state index is 11.3. The SMILES string of the molecule is CC(C)(C)[Si](OCc1ccc(-c2cc(Br)cc(C=O)c2)cc1)(c1ccccc1)c1ccccc1. The van der Waals surface area contributed by atoms with Crippen molar-refractivity contribution in [2.75, 3.05) is 0 Å². The van der Waals surface area contributed by atoms with E-state index >= 15 is 0 Å². The molecule has 172 valence electrons. The highest BCUT2D eigenvalue weighted by Crippen LogP contribution is 2.37. The monoisotopic (exact) mass is 528 g/mol. The van der Waals surface area contributed by atoms with Crippen LogP contribution in [0.5, 0.6) is 0 Å². The molecule has 0 saturated carbocycles. The number of carbonyl (C=O) groups excluding carboxylic acids is 1. The van der Waals surface area contributed by atoms with Crippen LogP contribution in [0, 0.1) is 0 Å². The number of benzene rings is 4. The average molecular weight is 530 g/mol. The van der Waals surface area contributed by atoms with Crippen LogP contribution in [-0.2, 0) is 11.0 Å². The zero-order valence-corrected chi connectivity index (χ0v) is 22.4. The maximum absolute atomic E-state index is 11.3. The van der Waals surface area contributed by atoms with E-state index in [-0.39, 0.29) is 5.04 Å². The minimum absolute atomic E-state index is 0.0583. The molecule has 4 heteroatoms. The molecule has 0 unspecified atom stereocenters. The Hall–Kier alpha value is -2.79. The summed E-state index contributed by atoms with van der Waals surface area (Å²) in [7, 11) is -2.57. The van der Waals surface area contributed by atoms with Gasteiger partial charge in [0.05, 0.1) is 6.61 Å². The number of halogens is 1. The molecule has 4 rings (SSSR count). The van der Waals surface area contributed by atoms with E-state index in [0.717, 1.165) is 27.4 Å². The van der Waals surface area contributed by atoms with Gasteiger partial charge in [0.1, 0.15) is 6.29 Å². The van der Waals surface area contributed by atoms with Gasteiger partial charge < -0.3 is 4.43 Å². The van der Waals surface area contributed by atoms with Crippen LogP contribution < -0.4 is 10.4 Å². The Labute approximate surface area is 211 Å². The minimum Gasteiger partial charge on any atom is -0.403 e. The Kier molecular flexibility index (Phi) is 7.32. The summed E-state index contributed by atoms with van der Waals surface area (Å²) in [6.07, 6.45) is 0.875. The van der Waals surface area contributed by atoms with Crippen LogP contribution >= 0.6 is 15.9 Å². The number of aldehydes is 1. The first-order valence-electron chi connectivity index (χ1n) is 11.4. The second kappa shape index (κ2) is 10.2. The summed E-state index contributed by atoms with van der Waals surface area (Å²) in [6.45, 7) is 7.41. The Morgan fingerprint density at radius 2 is 1.32 bits per heavy atom. The summed E-state index contributed by atoms with van der Waals surface area (Å²) >= 11 is 3.50. The first-order chi connectivity index (χ1) is 16.3. The van der Waals surface area contributed by atoms with Gasteiger partial charge in [-0.1, -0.05) is 122 Å². The molecule has 0 aromatic heterocycles. The first-order valence-corrected chi connectivity index (χ1v) is 14.1. The van der Waals surface area contributed by atoms with Gasteiger partial charge >= 0.3 is 0 Å². The molecule has 0 saturated heterocycles. The molecule has 0 aliphatic carbocycles. The van der Waals surface area contributed by atoms with E-state index in [9.17, 15) is 4.79 Å². The lowest BCUT2D eigenvalue weighted by Gasteiger charge is -2.43. The smallest absolute Gasteiger partial charge is 0.261 e. The van der Waals surface area contributed by atoms with Crippen molar-refractivity contribution in [3.8, 4) is 11.1 Å². The van der Waals surface area contributed by atoms with Crippen LogP contribution in [0.4, 0.5) is 0 Å². The van der Waals surface area contributed by atoms with E-state index in [2.05, 4.69) is 122 Å². The summed E-state index contributed by atoms with van der Waals surface area (Å²) < 4.78 is 7.93. The van der Waals surface area contributed by atoms with Crippen LogP contribution in [-0.4, -0.2) is 14.6 Å². The molecule has 2 nitrogen and oxygen atoms in total. The predicted molar refractivity (Wildman–Crippen MR) is 147 cm³/mol. The molecule has 34 heavy (non-hydrogen) atoms. The van der Waals surface area contributed by atoms with Gasteiger partial charge in [0.2, 0.25) is 0 Å².